The van der Waals surface area contributed by atoms with E-state index in [0.717, 1.165) is 30.8 Å². The second kappa shape index (κ2) is 9.53. The van der Waals surface area contributed by atoms with Gasteiger partial charge in [0.1, 0.15) is 0 Å². The van der Waals surface area contributed by atoms with Crippen molar-refractivity contribution in [2.24, 2.45) is 0 Å². The third-order valence-electron chi connectivity index (χ3n) is 5.63. The number of hydrogen-bond donors (Lipinski definition) is 1. The number of nitriles is 1. The van der Waals surface area contributed by atoms with Crippen LogP contribution < -0.4 is 19.9 Å². The summed E-state index contributed by atoms with van der Waals surface area (Å²) >= 11 is 0. The summed E-state index contributed by atoms with van der Waals surface area (Å²) in [5, 5.41) is 12.1. The fourth-order valence-corrected chi connectivity index (χ4v) is 3.88. The monoisotopic (exact) mass is 443 g/mol. The first-order valence-corrected chi connectivity index (χ1v) is 10.8. The smallest absolute Gasteiger partial charge is 0.329 e. The van der Waals surface area contributed by atoms with E-state index in [2.05, 4.69) is 33.2 Å². The lowest BCUT2D eigenvalue weighted by atomic mass is 10.1. The number of urea groups is 1. The maximum atomic E-state index is 13.4. The third-order valence-corrected chi connectivity index (χ3v) is 5.63. The SMILES string of the molecule is CCN1CC[C@@H](C)N(C(=O)Nc2cncc(OC)n2)c2nc(-c3cccc(C#N)c3)ccc21. The zero-order valence-corrected chi connectivity index (χ0v) is 18.8. The van der Waals surface area contributed by atoms with E-state index in [1.807, 2.05) is 31.2 Å². The van der Waals surface area contributed by atoms with Crippen molar-refractivity contribution in [3.63, 3.8) is 0 Å². The topological polar surface area (TPSA) is 107 Å². The van der Waals surface area contributed by atoms with Crippen LogP contribution in [0.25, 0.3) is 11.3 Å². The van der Waals surface area contributed by atoms with E-state index >= 15 is 0 Å². The first-order chi connectivity index (χ1) is 16.0. The van der Waals surface area contributed by atoms with Crippen LogP contribution in [0.3, 0.4) is 0 Å². The summed E-state index contributed by atoms with van der Waals surface area (Å²) in [5.74, 6) is 1.17. The predicted octanol–water partition coefficient (Wildman–Crippen LogP) is 4.08. The van der Waals surface area contributed by atoms with E-state index in [0.29, 0.717) is 28.8 Å². The highest BCUT2D eigenvalue weighted by molar-refractivity contribution is 6.03. The molecule has 4 rings (SSSR count). The van der Waals surface area contributed by atoms with Gasteiger partial charge in [-0.05, 0) is 44.5 Å². The van der Waals surface area contributed by atoms with E-state index in [1.54, 1.807) is 17.0 Å². The molecule has 1 N–H and O–H groups in total. The quantitative estimate of drug-likeness (QED) is 0.647. The molecular weight excluding hydrogens is 418 g/mol. The van der Waals surface area contributed by atoms with Crippen molar-refractivity contribution in [3.05, 3.63) is 54.4 Å². The molecule has 1 aliphatic heterocycles. The molecule has 2 amide bonds. The molecule has 3 heterocycles. The van der Waals surface area contributed by atoms with Crippen LogP contribution in [0.1, 0.15) is 25.8 Å². The summed E-state index contributed by atoms with van der Waals surface area (Å²) in [6.45, 7) is 5.69. The number of fused-ring (bicyclic) bond motifs is 1. The number of hydrogen-bond acceptors (Lipinski definition) is 7. The fraction of sp³-hybridized carbons (Fsp3) is 0.292. The highest BCUT2D eigenvalue weighted by Crippen LogP contribution is 2.35. The van der Waals surface area contributed by atoms with Crippen LogP contribution in [-0.2, 0) is 0 Å². The average molecular weight is 444 g/mol. The number of rotatable bonds is 4. The molecule has 0 radical (unpaired) electrons. The molecule has 0 saturated carbocycles. The number of anilines is 3. The van der Waals surface area contributed by atoms with Crippen molar-refractivity contribution < 1.29 is 9.53 Å². The van der Waals surface area contributed by atoms with Crippen molar-refractivity contribution in [2.45, 2.75) is 26.3 Å². The Morgan fingerprint density at radius 1 is 1.27 bits per heavy atom. The lowest BCUT2D eigenvalue weighted by Gasteiger charge is -2.28. The highest BCUT2D eigenvalue weighted by Gasteiger charge is 2.31. The highest BCUT2D eigenvalue weighted by atomic mass is 16.5. The average Bonchev–Trinajstić information content (AvgIpc) is 2.99. The van der Waals surface area contributed by atoms with E-state index in [9.17, 15) is 10.1 Å². The van der Waals surface area contributed by atoms with E-state index in [4.69, 9.17) is 9.72 Å². The predicted molar refractivity (Wildman–Crippen MR) is 126 cm³/mol. The van der Waals surface area contributed by atoms with Gasteiger partial charge in [-0.2, -0.15) is 10.2 Å². The van der Waals surface area contributed by atoms with E-state index < -0.39 is 0 Å². The summed E-state index contributed by atoms with van der Waals surface area (Å²) < 4.78 is 5.11. The molecule has 0 unspecified atom stereocenters. The normalized spacial score (nSPS) is 15.3. The number of methoxy groups -OCH3 is 1. The Bertz CT molecular complexity index is 1210. The van der Waals surface area contributed by atoms with E-state index in [-0.39, 0.29) is 12.1 Å². The maximum Gasteiger partial charge on any atom is 0.329 e. The Balaban J connectivity index is 1.77. The molecule has 1 aliphatic rings. The molecular formula is C24H25N7O2. The van der Waals surface area contributed by atoms with Gasteiger partial charge in [-0.3, -0.25) is 15.2 Å². The van der Waals surface area contributed by atoms with Crippen LogP contribution >= 0.6 is 0 Å². The minimum absolute atomic E-state index is 0.105. The molecule has 33 heavy (non-hydrogen) atoms. The summed E-state index contributed by atoms with van der Waals surface area (Å²) in [4.78, 5) is 30.5. The largest absolute Gasteiger partial charge is 0.480 e. The Labute approximate surface area is 192 Å². The zero-order chi connectivity index (χ0) is 23.4. The maximum absolute atomic E-state index is 13.4. The molecule has 0 bridgehead atoms. The lowest BCUT2D eigenvalue weighted by Crippen LogP contribution is -2.42. The summed E-state index contributed by atoms with van der Waals surface area (Å²) in [6, 6.07) is 12.9. The number of amides is 2. The second-order valence-electron chi connectivity index (χ2n) is 7.70. The van der Waals surface area contributed by atoms with Crippen LogP contribution in [0, 0.1) is 11.3 Å². The Morgan fingerprint density at radius 3 is 2.88 bits per heavy atom. The Hall–Kier alpha value is -4.19. The summed E-state index contributed by atoms with van der Waals surface area (Å²) in [6.07, 6.45) is 3.72. The van der Waals surface area contributed by atoms with Gasteiger partial charge in [0.2, 0.25) is 5.88 Å². The lowest BCUT2D eigenvalue weighted by molar-refractivity contribution is 0.254. The third kappa shape index (κ3) is 4.55. The number of nitrogens with zero attached hydrogens (tertiary/aromatic N) is 6. The molecule has 1 atom stereocenters. The number of carbonyl (C=O) groups is 1. The molecule has 0 fully saturated rings. The molecule has 2 aromatic heterocycles. The molecule has 1 aromatic carbocycles. The number of pyridine rings is 1. The molecule has 9 nitrogen and oxygen atoms in total. The minimum atomic E-state index is -0.348. The van der Waals surface area contributed by atoms with Crippen molar-refractivity contribution in [1.29, 1.82) is 5.26 Å². The van der Waals surface area contributed by atoms with Crippen LogP contribution in [-0.4, -0.2) is 47.2 Å². The first-order valence-electron chi connectivity index (χ1n) is 10.8. The van der Waals surface area contributed by atoms with Gasteiger partial charge >= 0.3 is 6.03 Å². The van der Waals surface area contributed by atoms with Crippen LogP contribution in [0.5, 0.6) is 5.88 Å². The summed E-state index contributed by atoms with van der Waals surface area (Å²) in [7, 11) is 1.49. The van der Waals surface area contributed by atoms with Gasteiger partial charge in [-0.15, -0.1) is 0 Å². The van der Waals surface area contributed by atoms with Crippen molar-refractivity contribution in [2.75, 3.05) is 35.3 Å². The van der Waals surface area contributed by atoms with Gasteiger partial charge in [0.15, 0.2) is 11.6 Å². The van der Waals surface area contributed by atoms with Gasteiger partial charge in [0, 0.05) is 24.7 Å². The first kappa shape index (κ1) is 22.0. The van der Waals surface area contributed by atoms with Gasteiger partial charge in [-0.1, -0.05) is 12.1 Å². The molecule has 0 spiro atoms. The van der Waals surface area contributed by atoms with Crippen LogP contribution in [0.4, 0.5) is 22.1 Å². The van der Waals surface area contributed by atoms with Crippen molar-refractivity contribution in [1.82, 2.24) is 15.0 Å². The number of ether oxygens (including phenoxy) is 1. The molecule has 3 aromatic rings. The number of aromatic nitrogens is 3. The van der Waals surface area contributed by atoms with Gasteiger partial charge in [0.25, 0.3) is 0 Å². The van der Waals surface area contributed by atoms with Gasteiger partial charge in [0.05, 0.1) is 42.5 Å². The van der Waals surface area contributed by atoms with E-state index in [1.165, 1.54) is 19.5 Å². The summed E-state index contributed by atoms with van der Waals surface area (Å²) in [5.41, 5.74) is 2.94. The van der Waals surface area contributed by atoms with Gasteiger partial charge in [-0.25, -0.2) is 9.78 Å². The zero-order valence-electron chi connectivity index (χ0n) is 18.8. The Morgan fingerprint density at radius 2 is 2.12 bits per heavy atom. The Kier molecular flexibility index (Phi) is 6.36. The van der Waals surface area contributed by atoms with Crippen molar-refractivity contribution >= 4 is 23.4 Å². The minimum Gasteiger partial charge on any atom is -0.480 e. The van der Waals surface area contributed by atoms with Crippen LogP contribution in [0.15, 0.2) is 48.8 Å². The molecule has 0 saturated heterocycles. The number of carbonyl (C=O) groups excluding carboxylic acids is 1. The standard InChI is InChI=1S/C24H25N7O2/c1-4-30-11-10-16(2)31(24(32)29-21-14-26-15-22(28-21)33-3)23-20(30)9-8-19(27-23)18-7-5-6-17(12-18)13-25/h5-9,12,14-16H,4,10-11H2,1-3H3,(H,28,29,32)/t16-/m1/s1. The molecule has 9 heteroatoms. The second-order valence-corrected chi connectivity index (χ2v) is 7.70. The van der Waals surface area contributed by atoms with Crippen molar-refractivity contribution in [3.8, 4) is 23.2 Å². The van der Waals surface area contributed by atoms with Crippen LogP contribution in [0.2, 0.25) is 0 Å². The van der Waals surface area contributed by atoms with Gasteiger partial charge < -0.3 is 9.64 Å². The molecule has 0 aliphatic carbocycles. The molecule has 168 valence electrons. The fourth-order valence-electron chi connectivity index (χ4n) is 3.88. The number of benzene rings is 1. The number of nitrogens with one attached hydrogen (secondary N) is 1.